The predicted octanol–water partition coefficient (Wildman–Crippen LogP) is 2.80. The largest absolute Gasteiger partial charge is 0.398 e. The normalized spacial score (nSPS) is 12.4. The number of aryl methyl sites for hydroxylation is 1. The highest BCUT2D eigenvalue weighted by atomic mass is 19.1. The molecule has 0 aromatic heterocycles. The van der Waals surface area contributed by atoms with Crippen molar-refractivity contribution in [2.45, 2.75) is 13.0 Å². The van der Waals surface area contributed by atoms with Gasteiger partial charge in [0.05, 0.1) is 0 Å². The molecular weight excluding hydrogens is 217 g/mol. The Labute approximate surface area is 99.5 Å². The minimum absolute atomic E-state index is 0.353. The van der Waals surface area contributed by atoms with Gasteiger partial charge in [0, 0.05) is 11.3 Å². The van der Waals surface area contributed by atoms with Crippen LogP contribution in [-0.4, -0.2) is 5.11 Å². The van der Waals surface area contributed by atoms with Crippen molar-refractivity contribution in [3.8, 4) is 0 Å². The van der Waals surface area contributed by atoms with Crippen LogP contribution in [0.2, 0.25) is 0 Å². The molecule has 17 heavy (non-hydrogen) atoms. The molecule has 0 aliphatic heterocycles. The molecule has 2 nitrogen and oxygen atoms in total. The maximum atomic E-state index is 13.3. The maximum Gasteiger partial charge on any atom is 0.123 e. The molecule has 2 aromatic carbocycles. The van der Waals surface area contributed by atoms with Crippen molar-refractivity contribution in [3.05, 3.63) is 65.0 Å². The topological polar surface area (TPSA) is 46.2 Å². The first-order valence-corrected chi connectivity index (χ1v) is 5.37. The lowest BCUT2D eigenvalue weighted by Gasteiger charge is -2.14. The van der Waals surface area contributed by atoms with Gasteiger partial charge in [0.15, 0.2) is 0 Å². The molecule has 0 aliphatic rings. The molecule has 0 heterocycles. The van der Waals surface area contributed by atoms with Crippen LogP contribution >= 0.6 is 0 Å². The van der Waals surface area contributed by atoms with Gasteiger partial charge in [-0.05, 0) is 36.2 Å². The van der Waals surface area contributed by atoms with Gasteiger partial charge >= 0.3 is 0 Å². The van der Waals surface area contributed by atoms with Crippen molar-refractivity contribution in [2.24, 2.45) is 0 Å². The predicted molar refractivity (Wildman–Crippen MR) is 66.1 cm³/mol. The fourth-order valence-electron chi connectivity index (χ4n) is 1.86. The summed E-state index contributed by atoms with van der Waals surface area (Å²) in [5.41, 5.74) is 8.16. The number of hydrogen-bond acceptors (Lipinski definition) is 2. The number of nitrogens with two attached hydrogens (primary N) is 1. The molecule has 0 aliphatic carbocycles. The third-order valence-corrected chi connectivity index (χ3v) is 2.67. The summed E-state index contributed by atoms with van der Waals surface area (Å²) in [5, 5.41) is 10.2. The van der Waals surface area contributed by atoms with E-state index in [4.69, 9.17) is 5.73 Å². The summed E-state index contributed by atoms with van der Waals surface area (Å²) in [6.07, 6.45) is -0.898. The molecule has 0 radical (unpaired) electrons. The van der Waals surface area contributed by atoms with E-state index in [-0.39, 0.29) is 5.82 Å². The molecule has 2 rings (SSSR count). The third kappa shape index (κ3) is 2.45. The summed E-state index contributed by atoms with van der Waals surface area (Å²) in [4.78, 5) is 0. The zero-order valence-corrected chi connectivity index (χ0v) is 9.52. The minimum Gasteiger partial charge on any atom is -0.398 e. The summed E-state index contributed by atoms with van der Waals surface area (Å²) in [5.74, 6) is -0.353. The van der Waals surface area contributed by atoms with Gasteiger partial charge in [0.2, 0.25) is 0 Å². The molecule has 88 valence electrons. The standard InChI is InChI=1S/C14H14FNO/c1-9-6-10(8-11(15)7-9)14(17)12-4-2-3-5-13(12)16/h2-8,14,17H,16H2,1H3. The Morgan fingerprint density at radius 2 is 1.88 bits per heavy atom. The minimum atomic E-state index is -0.898. The van der Waals surface area contributed by atoms with Gasteiger partial charge in [-0.2, -0.15) is 0 Å². The molecular formula is C14H14FNO. The van der Waals surface area contributed by atoms with Crippen LogP contribution in [0, 0.1) is 12.7 Å². The van der Waals surface area contributed by atoms with Crippen LogP contribution in [0.3, 0.4) is 0 Å². The fourth-order valence-corrected chi connectivity index (χ4v) is 1.86. The van der Waals surface area contributed by atoms with Crippen LogP contribution in [0.4, 0.5) is 10.1 Å². The summed E-state index contributed by atoms with van der Waals surface area (Å²) < 4.78 is 13.3. The number of nitrogen functional groups attached to an aromatic ring is 1. The van der Waals surface area contributed by atoms with Crippen molar-refractivity contribution in [1.29, 1.82) is 0 Å². The van der Waals surface area contributed by atoms with E-state index in [1.807, 2.05) is 0 Å². The Morgan fingerprint density at radius 3 is 2.53 bits per heavy atom. The van der Waals surface area contributed by atoms with Crippen LogP contribution in [0.15, 0.2) is 42.5 Å². The van der Waals surface area contributed by atoms with Crippen LogP contribution in [-0.2, 0) is 0 Å². The highest BCUT2D eigenvalue weighted by molar-refractivity contribution is 5.50. The Balaban J connectivity index is 2.43. The van der Waals surface area contributed by atoms with Crippen molar-refractivity contribution in [3.63, 3.8) is 0 Å². The SMILES string of the molecule is Cc1cc(F)cc(C(O)c2ccccc2N)c1. The van der Waals surface area contributed by atoms with Crippen LogP contribution in [0.1, 0.15) is 22.8 Å². The molecule has 0 spiro atoms. The van der Waals surface area contributed by atoms with Crippen molar-refractivity contribution in [1.82, 2.24) is 0 Å². The number of aliphatic hydroxyl groups is 1. The molecule has 0 amide bonds. The molecule has 2 aromatic rings. The van der Waals surface area contributed by atoms with Gasteiger partial charge < -0.3 is 10.8 Å². The number of anilines is 1. The van der Waals surface area contributed by atoms with Crippen LogP contribution in [0.25, 0.3) is 0 Å². The summed E-state index contributed by atoms with van der Waals surface area (Å²) >= 11 is 0. The number of halogens is 1. The molecule has 0 fully saturated rings. The number of rotatable bonds is 2. The Morgan fingerprint density at radius 1 is 1.18 bits per heavy atom. The Bertz CT molecular complexity index is 519. The second-order valence-electron chi connectivity index (χ2n) is 4.09. The Kier molecular flexibility index (Phi) is 3.11. The van der Waals surface area contributed by atoms with Gasteiger partial charge in [-0.1, -0.05) is 24.3 Å². The molecule has 1 atom stereocenters. The number of benzene rings is 2. The van der Waals surface area contributed by atoms with Gasteiger partial charge in [-0.25, -0.2) is 4.39 Å². The maximum absolute atomic E-state index is 13.3. The van der Waals surface area contributed by atoms with Gasteiger partial charge in [0.25, 0.3) is 0 Å². The van der Waals surface area contributed by atoms with E-state index in [1.54, 1.807) is 37.3 Å². The van der Waals surface area contributed by atoms with Gasteiger partial charge in [-0.15, -0.1) is 0 Å². The summed E-state index contributed by atoms with van der Waals surface area (Å²) in [6, 6.07) is 11.5. The van der Waals surface area contributed by atoms with Gasteiger partial charge in [0.1, 0.15) is 11.9 Å². The van der Waals surface area contributed by atoms with E-state index in [2.05, 4.69) is 0 Å². The smallest absolute Gasteiger partial charge is 0.123 e. The molecule has 3 N–H and O–H groups in total. The van der Waals surface area contributed by atoms with Crippen LogP contribution < -0.4 is 5.73 Å². The molecule has 0 bridgehead atoms. The Hall–Kier alpha value is -1.87. The van der Waals surface area contributed by atoms with E-state index in [1.165, 1.54) is 12.1 Å². The average Bonchev–Trinajstić information content (AvgIpc) is 2.27. The van der Waals surface area contributed by atoms with E-state index >= 15 is 0 Å². The van der Waals surface area contributed by atoms with Crippen LogP contribution in [0.5, 0.6) is 0 Å². The zero-order chi connectivity index (χ0) is 12.4. The lowest BCUT2D eigenvalue weighted by Crippen LogP contribution is -2.04. The average molecular weight is 231 g/mol. The second kappa shape index (κ2) is 4.55. The highest BCUT2D eigenvalue weighted by Gasteiger charge is 2.14. The molecule has 1 unspecified atom stereocenters. The number of hydrogen-bond donors (Lipinski definition) is 2. The first kappa shape index (κ1) is 11.6. The lowest BCUT2D eigenvalue weighted by atomic mass is 9.98. The first-order chi connectivity index (χ1) is 8.08. The number of aliphatic hydroxyl groups excluding tert-OH is 1. The van der Waals surface area contributed by atoms with E-state index in [0.717, 1.165) is 5.56 Å². The highest BCUT2D eigenvalue weighted by Crippen LogP contribution is 2.27. The monoisotopic (exact) mass is 231 g/mol. The van der Waals surface area contributed by atoms with E-state index in [0.29, 0.717) is 16.8 Å². The zero-order valence-electron chi connectivity index (χ0n) is 9.52. The van der Waals surface area contributed by atoms with E-state index < -0.39 is 6.10 Å². The molecule has 0 saturated carbocycles. The third-order valence-electron chi connectivity index (χ3n) is 2.67. The first-order valence-electron chi connectivity index (χ1n) is 5.37. The van der Waals surface area contributed by atoms with Crippen molar-refractivity contribution < 1.29 is 9.50 Å². The van der Waals surface area contributed by atoms with Crippen molar-refractivity contribution >= 4 is 5.69 Å². The van der Waals surface area contributed by atoms with Gasteiger partial charge in [-0.3, -0.25) is 0 Å². The molecule has 0 saturated heterocycles. The lowest BCUT2D eigenvalue weighted by molar-refractivity contribution is 0.220. The number of para-hydroxylation sites is 1. The second-order valence-corrected chi connectivity index (χ2v) is 4.09. The van der Waals surface area contributed by atoms with E-state index in [9.17, 15) is 9.50 Å². The van der Waals surface area contributed by atoms with Crippen molar-refractivity contribution in [2.75, 3.05) is 5.73 Å². The summed E-state index contributed by atoms with van der Waals surface area (Å²) in [6.45, 7) is 1.79. The quantitative estimate of drug-likeness (QED) is 0.781. The fraction of sp³-hybridized carbons (Fsp3) is 0.143. The molecule has 3 heteroatoms. The summed E-state index contributed by atoms with van der Waals surface area (Å²) in [7, 11) is 0.